The number of alkyl halides is 6. The number of halogens is 6. The highest BCUT2D eigenvalue weighted by molar-refractivity contribution is 5.92. The number of hydrogen-bond acceptors (Lipinski definition) is 5. The van der Waals surface area contributed by atoms with Gasteiger partial charge >= 0.3 is 18.2 Å². The SMILES string of the molecule is Cc1nc(C(F)(F)F)oc1C(=O)N[C@H]1CCc2cnc(-c3ccnc(C(F)(F)F)c3)cc21. The van der Waals surface area contributed by atoms with Crippen LogP contribution in [-0.4, -0.2) is 20.9 Å². The lowest BCUT2D eigenvalue weighted by atomic mass is 10.0. The van der Waals surface area contributed by atoms with Crippen LogP contribution in [0.2, 0.25) is 0 Å². The molecule has 12 heteroatoms. The summed E-state index contributed by atoms with van der Waals surface area (Å²) < 4.78 is 81.8. The predicted octanol–water partition coefficient (Wildman–Crippen LogP) is 4.89. The average Bonchev–Trinajstić information content (AvgIpc) is 3.30. The second-order valence-electron chi connectivity index (χ2n) is 7.19. The zero-order valence-corrected chi connectivity index (χ0v) is 16.3. The molecule has 0 saturated heterocycles. The molecule has 4 rings (SSSR count). The van der Waals surface area contributed by atoms with E-state index in [0.29, 0.717) is 18.4 Å². The highest BCUT2D eigenvalue weighted by atomic mass is 19.4. The Balaban J connectivity index is 1.60. The van der Waals surface area contributed by atoms with Gasteiger partial charge in [0.25, 0.3) is 5.91 Å². The first-order chi connectivity index (χ1) is 14.9. The molecule has 6 nitrogen and oxygen atoms in total. The maximum absolute atomic E-state index is 13.0. The minimum Gasteiger partial charge on any atom is -0.427 e. The summed E-state index contributed by atoms with van der Waals surface area (Å²) in [7, 11) is 0. The van der Waals surface area contributed by atoms with E-state index < -0.39 is 41.6 Å². The normalized spacial score (nSPS) is 16.2. The van der Waals surface area contributed by atoms with Crippen LogP contribution >= 0.6 is 0 Å². The third-order valence-electron chi connectivity index (χ3n) is 5.00. The summed E-state index contributed by atoms with van der Waals surface area (Å²) in [5, 5.41) is 2.61. The number of nitrogens with one attached hydrogen (secondary N) is 1. The summed E-state index contributed by atoms with van der Waals surface area (Å²) in [6.07, 6.45) is -5.95. The van der Waals surface area contributed by atoms with Crippen molar-refractivity contribution in [3.63, 3.8) is 0 Å². The van der Waals surface area contributed by atoms with Gasteiger partial charge in [0, 0.05) is 18.0 Å². The van der Waals surface area contributed by atoms with Crippen LogP contribution in [0.15, 0.2) is 35.0 Å². The fourth-order valence-corrected chi connectivity index (χ4v) is 3.49. The number of rotatable bonds is 3. The van der Waals surface area contributed by atoms with E-state index in [-0.39, 0.29) is 17.0 Å². The molecule has 0 bridgehead atoms. The molecule has 0 saturated carbocycles. The van der Waals surface area contributed by atoms with E-state index in [2.05, 4.69) is 24.7 Å². The molecular weight excluding hydrogens is 442 g/mol. The lowest BCUT2D eigenvalue weighted by molar-refractivity contribution is -0.157. The fourth-order valence-electron chi connectivity index (χ4n) is 3.49. The molecule has 3 heterocycles. The Bertz CT molecular complexity index is 1190. The first kappa shape index (κ1) is 21.8. The Morgan fingerprint density at radius 3 is 2.53 bits per heavy atom. The predicted molar refractivity (Wildman–Crippen MR) is 97.2 cm³/mol. The van der Waals surface area contributed by atoms with E-state index in [0.717, 1.165) is 17.8 Å². The molecule has 0 spiro atoms. The first-order valence-corrected chi connectivity index (χ1v) is 9.31. The molecule has 168 valence electrons. The second kappa shape index (κ2) is 7.61. The van der Waals surface area contributed by atoms with Crippen LogP contribution in [0.1, 0.15) is 51.4 Å². The van der Waals surface area contributed by atoms with Crippen molar-refractivity contribution < 1.29 is 35.6 Å². The maximum Gasteiger partial charge on any atom is 0.468 e. The van der Waals surface area contributed by atoms with Crippen molar-refractivity contribution in [3.05, 3.63) is 64.8 Å². The number of oxazole rings is 1. The summed E-state index contributed by atoms with van der Waals surface area (Å²) in [6, 6.07) is 3.22. The van der Waals surface area contributed by atoms with Crippen molar-refractivity contribution in [2.24, 2.45) is 0 Å². The van der Waals surface area contributed by atoms with Gasteiger partial charge in [0.2, 0.25) is 5.76 Å². The number of aryl methyl sites for hydroxylation is 2. The van der Waals surface area contributed by atoms with Crippen LogP contribution in [0.25, 0.3) is 11.3 Å². The molecule has 1 aliphatic carbocycles. The fraction of sp³-hybridized carbons (Fsp3) is 0.300. The van der Waals surface area contributed by atoms with Gasteiger partial charge in [0.05, 0.1) is 17.4 Å². The minimum atomic E-state index is -4.83. The molecule has 3 aromatic heterocycles. The number of fused-ring (bicyclic) bond motifs is 1. The van der Waals surface area contributed by atoms with Crippen molar-refractivity contribution >= 4 is 5.91 Å². The van der Waals surface area contributed by atoms with Gasteiger partial charge in [-0.1, -0.05) is 0 Å². The van der Waals surface area contributed by atoms with Crippen molar-refractivity contribution in [2.75, 3.05) is 0 Å². The smallest absolute Gasteiger partial charge is 0.427 e. The Hall–Kier alpha value is -3.44. The molecule has 1 atom stereocenters. The quantitative estimate of drug-likeness (QED) is 0.568. The van der Waals surface area contributed by atoms with E-state index in [1.807, 2.05) is 0 Å². The number of carbonyl (C=O) groups is 1. The number of nitrogens with zero attached hydrogens (tertiary/aromatic N) is 3. The summed E-state index contributed by atoms with van der Waals surface area (Å²) in [6.45, 7) is 1.22. The molecule has 0 radical (unpaired) electrons. The molecule has 0 aromatic carbocycles. The van der Waals surface area contributed by atoms with Crippen LogP contribution in [0, 0.1) is 6.92 Å². The zero-order valence-electron chi connectivity index (χ0n) is 16.3. The Kier molecular flexibility index (Phi) is 5.18. The van der Waals surface area contributed by atoms with Crippen LogP contribution in [0.4, 0.5) is 26.3 Å². The largest absolute Gasteiger partial charge is 0.468 e. The van der Waals surface area contributed by atoms with Crippen molar-refractivity contribution in [3.8, 4) is 11.3 Å². The highest BCUT2D eigenvalue weighted by Crippen LogP contribution is 2.35. The summed E-state index contributed by atoms with van der Waals surface area (Å²) >= 11 is 0. The lowest BCUT2D eigenvalue weighted by Gasteiger charge is -2.14. The van der Waals surface area contributed by atoms with Crippen molar-refractivity contribution in [1.29, 1.82) is 0 Å². The Morgan fingerprint density at radius 2 is 1.88 bits per heavy atom. The Labute approximate surface area is 176 Å². The molecule has 32 heavy (non-hydrogen) atoms. The van der Waals surface area contributed by atoms with Crippen LogP contribution in [0.3, 0.4) is 0 Å². The third-order valence-corrected chi connectivity index (χ3v) is 5.00. The molecule has 0 fully saturated rings. The van der Waals surface area contributed by atoms with E-state index in [1.165, 1.54) is 19.2 Å². The molecule has 0 aliphatic heterocycles. The molecular formula is C20H14F6N4O2. The monoisotopic (exact) mass is 456 g/mol. The number of hydrogen-bond donors (Lipinski definition) is 1. The summed E-state index contributed by atoms with van der Waals surface area (Å²) in [4.78, 5) is 23.3. The molecule has 1 aliphatic rings. The van der Waals surface area contributed by atoms with Gasteiger partial charge in [-0.25, -0.2) is 4.98 Å². The van der Waals surface area contributed by atoms with Crippen LogP contribution in [-0.2, 0) is 18.8 Å². The van der Waals surface area contributed by atoms with Crippen LogP contribution < -0.4 is 5.32 Å². The van der Waals surface area contributed by atoms with Crippen molar-refractivity contribution in [2.45, 2.75) is 38.2 Å². The lowest BCUT2D eigenvalue weighted by Crippen LogP contribution is -2.27. The van der Waals surface area contributed by atoms with Crippen LogP contribution in [0.5, 0.6) is 0 Å². The maximum atomic E-state index is 13.0. The molecule has 1 N–H and O–H groups in total. The minimum absolute atomic E-state index is 0.188. The first-order valence-electron chi connectivity index (χ1n) is 9.31. The van der Waals surface area contributed by atoms with Gasteiger partial charge in [-0.2, -0.15) is 26.3 Å². The number of carbonyl (C=O) groups excluding carboxylic acids is 1. The van der Waals surface area contributed by atoms with Gasteiger partial charge in [-0.15, -0.1) is 0 Å². The number of amides is 1. The third kappa shape index (κ3) is 4.16. The standard InChI is InChI=1S/C20H14F6N4O2/c1-9-16(32-18(29-9)20(24,25)26)17(31)30-13-3-2-11-8-28-14(7-12(11)13)10-4-5-27-15(6-10)19(21,22)23/h4-8,13H,2-3H2,1H3,(H,30,31)/t13-/m0/s1. The van der Waals surface area contributed by atoms with Gasteiger partial charge < -0.3 is 9.73 Å². The van der Waals surface area contributed by atoms with Gasteiger partial charge in [0.15, 0.2) is 0 Å². The van der Waals surface area contributed by atoms with E-state index >= 15 is 0 Å². The number of pyridine rings is 2. The highest BCUT2D eigenvalue weighted by Gasteiger charge is 2.39. The number of aromatic nitrogens is 3. The molecule has 3 aromatic rings. The van der Waals surface area contributed by atoms with Crippen molar-refractivity contribution in [1.82, 2.24) is 20.3 Å². The van der Waals surface area contributed by atoms with Gasteiger partial charge in [0.1, 0.15) is 5.69 Å². The molecule has 0 unspecified atom stereocenters. The summed E-state index contributed by atoms with van der Waals surface area (Å²) in [5.74, 6) is -2.94. The second-order valence-corrected chi connectivity index (χ2v) is 7.19. The van der Waals surface area contributed by atoms with Gasteiger partial charge in [-0.05, 0) is 49.1 Å². The van der Waals surface area contributed by atoms with E-state index in [4.69, 9.17) is 0 Å². The Morgan fingerprint density at radius 1 is 1.12 bits per heavy atom. The van der Waals surface area contributed by atoms with E-state index in [9.17, 15) is 31.1 Å². The average molecular weight is 456 g/mol. The molecule has 1 amide bonds. The topological polar surface area (TPSA) is 80.9 Å². The van der Waals surface area contributed by atoms with E-state index in [1.54, 1.807) is 6.07 Å². The van der Waals surface area contributed by atoms with Gasteiger partial charge in [-0.3, -0.25) is 14.8 Å². The summed E-state index contributed by atoms with van der Waals surface area (Å²) in [5.41, 5.74) is 0.542. The zero-order chi connectivity index (χ0) is 23.3.